The molecule has 0 radical (unpaired) electrons. The van der Waals surface area contributed by atoms with Crippen LogP contribution in [-0.4, -0.2) is 35.9 Å². The molecule has 0 aromatic heterocycles. The fourth-order valence-corrected chi connectivity index (χ4v) is 2.47. The van der Waals surface area contributed by atoms with Crippen molar-refractivity contribution in [3.8, 4) is 0 Å². The van der Waals surface area contributed by atoms with Crippen molar-refractivity contribution in [3.63, 3.8) is 0 Å². The third kappa shape index (κ3) is 4.87. The molecule has 0 saturated carbocycles. The van der Waals surface area contributed by atoms with Gasteiger partial charge in [0.2, 0.25) is 0 Å². The molecule has 0 aliphatic carbocycles. The van der Waals surface area contributed by atoms with Gasteiger partial charge in [-0.15, -0.1) is 0 Å². The summed E-state index contributed by atoms with van der Waals surface area (Å²) in [5.74, 6) is -0.963. The van der Waals surface area contributed by atoms with Crippen LogP contribution in [0.4, 0.5) is 17.1 Å². The zero-order chi connectivity index (χ0) is 18.6. The summed E-state index contributed by atoms with van der Waals surface area (Å²) in [6.07, 6.45) is 1.69. The zero-order valence-corrected chi connectivity index (χ0v) is 15.7. The van der Waals surface area contributed by atoms with Crippen molar-refractivity contribution in [2.75, 3.05) is 18.9 Å². The van der Waals surface area contributed by atoms with Crippen molar-refractivity contribution in [2.45, 2.75) is 13.8 Å². The highest BCUT2D eigenvalue weighted by molar-refractivity contribution is 6.37. The molecule has 5 nitrogen and oxygen atoms in total. The van der Waals surface area contributed by atoms with Gasteiger partial charge in [-0.25, -0.2) is 9.79 Å². The van der Waals surface area contributed by atoms with E-state index in [1.54, 1.807) is 30.6 Å². The second-order valence-electron chi connectivity index (χ2n) is 5.56. The van der Waals surface area contributed by atoms with Gasteiger partial charge in [-0.2, -0.15) is 0 Å². The van der Waals surface area contributed by atoms with Crippen molar-refractivity contribution in [3.05, 3.63) is 51.5 Å². The molecule has 0 heterocycles. The first kappa shape index (κ1) is 19.1. The minimum Gasteiger partial charge on any atom is -0.478 e. The number of nitrogens with one attached hydrogen (secondary N) is 1. The standard InChI is InChI=1S/C18H19Cl2N3O2/c1-4-23(3)10-21-16-8-14(20)17(9-13(16)19)22-15-6-5-12(18(24)25)7-11(15)2/h5-10,22H,4H2,1-3H3,(H,24,25)/b21-10+. The number of hydrogen-bond donors (Lipinski definition) is 2. The largest absolute Gasteiger partial charge is 0.478 e. The molecular formula is C18H19Cl2N3O2. The summed E-state index contributed by atoms with van der Waals surface area (Å²) in [5, 5.41) is 13.1. The minimum absolute atomic E-state index is 0.233. The molecule has 0 bridgehead atoms. The smallest absolute Gasteiger partial charge is 0.335 e. The molecule has 2 rings (SSSR count). The van der Waals surface area contributed by atoms with Crippen molar-refractivity contribution in [1.82, 2.24) is 4.90 Å². The zero-order valence-electron chi connectivity index (χ0n) is 14.2. The molecule has 0 amide bonds. The summed E-state index contributed by atoms with van der Waals surface area (Å²) in [7, 11) is 1.92. The molecular weight excluding hydrogens is 361 g/mol. The van der Waals surface area contributed by atoms with E-state index in [9.17, 15) is 4.79 Å². The maximum Gasteiger partial charge on any atom is 0.335 e. The maximum atomic E-state index is 11.0. The number of rotatable bonds is 6. The number of carboxylic acid groups (broad SMARTS) is 1. The number of aryl methyl sites for hydroxylation is 1. The lowest BCUT2D eigenvalue weighted by molar-refractivity contribution is 0.0697. The average molecular weight is 380 g/mol. The van der Waals surface area contributed by atoms with Gasteiger partial charge in [0.25, 0.3) is 0 Å². The van der Waals surface area contributed by atoms with Crippen LogP contribution in [0.5, 0.6) is 0 Å². The summed E-state index contributed by atoms with van der Waals surface area (Å²) in [4.78, 5) is 17.3. The van der Waals surface area contributed by atoms with Crippen molar-refractivity contribution in [2.24, 2.45) is 4.99 Å². The fourth-order valence-electron chi connectivity index (χ4n) is 2.06. The van der Waals surface area contributed by atoms with Gasteiger partial charge in [0.1, 0.15) is 0 Å². The van der Waals surface area contributed by atoms with Gasteiger partial charge in [0.05, 0.1) is 33.3 Å². The first-order valence-electron chi connectivity index (χ1n) is 7.66. The molecule has 25 heavy (non-hydrogen) atoms. The summed E-state index contributed by atoms with van der Waals surface area (Å²) in [5.41, 5.74) is 2.98. The summed E-state index contributed by atoms with van der Waals surface area (Å²) in [6, 6.07) is 8.22. The Morgan fingerprint density at radius 1 is 1.24 bits per heavy atom. The van der Waals surface area contributed by atoms with Gasteiger partial charge in [-0.3, -0.25) is 0 Å². The number of aromatic carboxylic acids is 1. The molecule has 0 saturated heterocycles. The molecule has 7 heteroatoms. The molecule has 0 unspecified atom stereocenters. The van der Waals surface area contributed by atoms with E-state index in [0.29, 0.717) is 21.4 Å². The van der Waals surface area contributed by atoms with Gasteiger partial charge in [-0.05, 0) is 49.7 Å². The van der Waals surface area contributed by atoms with Crippen LogP contribution in [0, 0.1) is 6.92 Å². The van der Waals surface area contributed by atoms with Gasteiger partial charge >= 0.3 is 5.97 Å². The molecule has 2 N–H and O–H groups in total. The Bertz CT molecular complexity index is 822. The quantitative estimate of drug-likeness (QED) is 0.523. The Hall–Kier alpha value is -2.24. The number of benzene rings is 2. The number of aliphatic imine (C=N–C) groups is 1. The summed E-state index contributed by atoms with van der Waals surface area (Å²) < 4.78 is 0. The van der Waals surface area contributed by atoms with E-state index in [4.69, 9.17) is 28.3 Å². The topological polar surface area (TPSA) is 64.9 Å². The highest BCUT2D eigenvalue weighted by Crippen LogP contribution is 2.36. The number of carbonyl (C=O) groups is 1. The molecule has 0 spiro atoms. The van der Waals surface area contributed by atoms with Crippen LogP contribution in [0.25, 0.3) is 0 Å². The SMILES string of the molecule is CCN(C)/C=N/c1cc(Cl)c(Nc2ccc(C(=O)O)cc2C)cc1Cl. The van der Waals surface area contributed by atoms with Gasteiger partial charge in [-0.1, -0.05) is 23.2 Å². The molecule has 132 valence electrons. The molecule has 2 aromatic rings. The highest BCUT2D eigenvalue weighted by atomic mass is 35.5. The van der Waals surface area contributed by atoms with E-state index in [-0.39, 0.29) is 5.56 Å². The van der Waals surface area contributed by atoms with Crippen molar-refractivity contribution >= 4 is 52.6 Å². The van der Waals surface area contributed by atoms with E-state index in [0.717, 1.165) is 17.8 Å². The van der Waals surface area contributed by atoms with Gasteiger partial charge < -0.3 is 15.3 Å². The van der Waals surface area contributed by atoms with Crippen LogP contribution >= 0.6 is 23.2 Å². The fraction of sp³-hybridized carbons (Fsp3) is 0.222. The highest BCUT2D eigenvalue weighted by Gasteiger charge is 2.10. The summed E-state index contributed by atoms with van der Waals surface area (Å²) >= 11 is 12.6. The normalized spacial score (nSPS) is 10.9. The second-order valence-corrected chi connectivity index (χ2v) is 6.38. The van der Waals surface area contributed by atoms with Crippen molar-refractivity contribution in [1.29, 1.82) is 0 Å². The Morgan fingerprint density at radius 2 is 1.96 bits per heavy atom. The Morgan fingerprint density at radius 3 is 2.56 bits per heavy atom. The molecule has 0 fully saturated rings. The third-order valence-corrected chi connectivity index (χ3v) is 4.29. The van der Waals surface area contributed by atoms with Crippen molar-refractivity contribution < 1.29 is 9.90 Å². The third-order valence-electron chi connectivity index (χ3n) is 3.67. The lowest BCUT2D eigenvalue weighted by atomic mass is 10.1. The lowest BCUT2D eigenvalue weighted by Gasteiger charge is -2.13. The number of nitrogens with zero attached hydrogens (tertiary/aromatic N) is 2. The summed E-state index contributed by atoms with van der Waals surface area (Å²) in [6.45, 7) is 4.68. The van der Waals surface area contributed by atoms with E-state index in [1.165, 1.54) is 6.07 Å². The van der Waals surface area contributed by atoms with Crippen LogP contribution in [0.15, 0.2) is 35.3 Å². The number of anilines is 2. The molecule has 2 aromatic carbocycles. The monoisotopic (exact) mass is 379 g/mol. The maximum absolute atomic E-state index is 11.0. The Kier molecular flexibility index (Phi) is 6.28. The second kappa shape index (κ2) is 8.23. The van der Waals surface area contributed by atoms with Crippen LogP contribution < -0.4 is 5.32 Å². The van der Waals surface area contributed by atoms with E-state index >= 15 is 0 Å². The number of carboxylic acids is 1. The predicted octanol–water partition coefficient (Wildman–Crippen LogP) is 5.36. The van der Waals surface area contributed by atoms with Crippen LogP contribution in [-0.2, 0) is 0 Å². The van der Waals surface area contributed by atoms with Gasteiger partial charge in [0.15, 0.2) is 0 Å². The Balaban J connectivity index is 2.28. The first-order chi connectivity index (χ1) is 11.8. The van der Waals surface area contributed by atoms with E-state index in [2.05, 4.69) is 10.3 Å². The number of hydrogen-bond acceptors (Lipinski definition) is 3. The molecule has 0 aliphatic heterocycles. The predicted molar refractivity (Wildman–Crippen MR) is 104 cm³/mol. The minimum atomic E-state index is -0.963. The van der Waals surface area contributed by atoms with Crippen LogP contribution in [0.3, 0.4) is 0 Å². The average Bonchev–Trinajstić information content (AvgIpc) is 2.57. The van der Waals surface area contributed by atoms with Crippen LogP contribution in [0.1, 0.15) is 22.8 Å². The Labute approximate surface area is 156 Å². The lowest BCUT2D eigenvalue weighted by Crippen LogP contribution is -2.14. The van der Waals surface area contributed by atoms with E-state index < -0.39 is 5.97 Å². The van der Waals surface area contributed by atoms with Gasteiger partial charge in [0, 0.05) is 19.3 Å². The van der Waals surface area contributed by atoms with Crippen LogP contribution in [0.2, 0.25) is 10.0 Å². The molecule has 0 atom stereocenters. The molecule has 0 aliphatic rings. The van der Waals surface area contributed by atoms with E-state index in [1.807, 2.05) is 25.8 Å². The number of halogens is 2. The first-order valence-corrected chi connectivity index (χ1v) is 8.41.